The number of sulfonamides is 1. The molecular weight excluding hydrogens is 296 g/mol. The van der Waals surface area contributed by atoms with Gasteiger partial charge in [0.25, 0.3) is 0 Å². The number of aryl methyl sites for hydroxylation is 1. The van der Waals surface area contributed by atoms with Crippen molar-refractivity contribution in [2.24, 2.45) is 5.92 Å². The zero-order valence-electron chi connectivity index (χ0n) is 13.2. The Morgan fingerprint density at radius 1 is 1.23 bits per heavy atom. The minimum atomic E-state index is -3.38. The number of rotatable bonds is 6. The number of hydrogen-bond donors (Lipinski definition) is 1. The molecule has 5 heteroatoms. The molecule has 0 aliphatic heterocycles. The number of hydrogen-bond acceptors (Lipinski definition) is 3. The minimum Gasteiger partial charge on any atom is -0.305 e. The fraction of sp³-hybridized carbons (Fsp3) is 0.529. The number of benzene rings is 1. The van der Waals surface area contributed by atoms with Crippen LogP contribution in [0.4, 0.5) is 0 Å². The summed E-state index contributed by atoms with van der Waals surface area (Å²) in [5.74, 6) is 0.638. The molecule has 0 saturated heterocycles. The van der Waals surface area contributed by atoms with Crippen LogP contribution in [0, 0.1) is 5.92 Å². The third-order valence-corrected chi connectivity index (χ3v) is 6.23. The highest BCUT2D eigenvalue weighted by atomic mass is 32.2. The highest BCUT2D eigenvalue weighted by Gasteiger charge is 2.33. The van der Waals surface area contributed by atoms with Crippen molar-refractivity contribution in [1.29, 1.82) is 0 Å². The molecule has 0 unspecified atom stereocenters. The summed E-state index contributed by atoms with van der Waals surface area (Å²) in [6, 6.07) is 8.30. The van der Waals surface area contributed by atoms with Crippen LogP contribution in [0.1, 0.15) is 30.4 Å². The number of nitrogens with one attached hydrogen (secondary N) is 1. The number of allylic oxidation sites excluding steroid dienone is 1. The van der Waals surface area contributed by atoms with Gasteiger partial charge in [-0.3, -0.25) is 0 Å². The Balaban J connectivity index is 1.72. The molecule has 0 aromatic heterocycles. The van der Waals surface area contributed by atoms with Gasteiger partial charge < -0.3 is 4.90 Å². The first kappa shape index (κ1) is 15.7. The summed E-state index contributed by atoms with van der Waals surface area (Å²) in [4.78, 5) is 2.64. The fourth-order valence-corrected chi connectivity index (χ4v) is 4.39. The Hall–Kier alpha value is -1.17. The molecule has 3 rings (SSSR count). The maximum atomic E-state index is 12.6. The van der Waals surface area contributed by atoms with Gasteiger partial charge in [0.2, 0.25) is 10.0 Å². The quantitative estimate of drug-likeness (QED) is 0.874. The second-order valence-electron chi connectivity index (χ2n) is 6.53. The molecule has 0 bridgehead atoms. The van der Waals surface area contributed by atoms with E-state index in [0.29, 0.717) is 29.8 Å². The Kier molecular flexibility index (Phi) is 4.39. The van der Waals surface area contributed by atoms with Gasteiger partial charge in [-0.05, 0) is 62.9 Å². The van der Waals surface area contributed by atoms with E-state index in [1.54, 1.807) is 0 Å². The molecule has 1 aromatic carbocycles. The van der Waals surface area contributed by atoms with Crippen molar-refractivity contribution >= 4 is 16.1 Å². The SMILES string of the molecule is CN(C)[C@H](CNS(=O)(=O)C1=Cc2ccccc2CC1)C1CC1. The first-order valence-electron chi connectivity index (χ1n) is 7.92. The Morgan fingerprint density at radius 2 is 1.95 bits per heavy atom. The summed E-state index contributed by atoms with van der Waals surface area (Å²) in [6.45, 7) is 0.499. The van der Waals surface area contributed by atoms with Crippen molar-refractivity contribution in [3.8, 4) is 0 Å². The lowest BCUT2D eigenvalue weighted by Crippen LogP contribution is -2.42. The second-order valence-corrected chi connectivity index (χ2v) is 8.35. The Morgan fingerprint density at radius 3 is 2.64 bits per heavy atom. The van der Waals surface area contributed by atoms with Crippen molar-refractivity contribution in [2.45, 2.75) is 31.7 Å². The maximum absolute atomic E-state index is 12.6. The van der Waals surface area contributed by atoms with Crippen molar-refractivity contribution in [3.63, 3.8) is 0 Å². The van der Waals surface area contributed by atoms with Crippen LogP contribution in [0.15, 0.2) is 29.2 Å². The Bertz CT molecular complexity index is 674. The van der Waals surface area contributed by atoms with E-state index in [9.17, 15) is 8.42 Å². The lowest BCUT2D eigenvalue weighted by atomic mass is 9.98. The van der Waals surface area contributed by atoms with Crippen molar-refractivity contribution in [1.82, 2.24) is 9.62 Å². The van der Waals surface area contributed by atoms with Crippen molar-refractivity contribution in [3.05, 3.63) is 40.3 Å². The van der Waals surface area contributed by atoms with E-state index < -0.39 is 10.0 Å². The molecule has 0 amide bonds. The number of fused-ring (bicyclic) bond motifs is 1. The maximum Gasteiger partial charge on any atom is 0.236 e. The average Bonchev–Trinajstić information content (AvgIpc) is 3.31. The van der Waals surface area contributed by atoms with E-state index in [4.69, 9.17) is 0 Å². The molecule has 4 nitrogen and oxygen atoms in total. The summed E-state index contributed by atoms with van der Waals surface area (Å²) in [5.41, 5.74) is 2.26. The van der Waals surface area contributed by atoms with Gasteiger partial charge in [-0.2, -0.15) is 0 Å². The number of nitrogens with zero attached hydrogens (tertiary/aromatic N) is 1. The van der Waals surface area contributed by atoms with E-state index >= 15 is 0 Å². The molecule has 1 saturated carbocycles. The van der Waals surface area contributed by atoms with Gasteiger partial charge >= 0.3 is 0 Å². The summed E-state index contributed by atoms with van der Waals surface area (Å²) in [5, 5.41) is 0. The van der Waals surface area contributed by atoms with Gasteiger partial charge in [-0.1, -0.05) is 24.3 Å². The van der Waals surface area contributed by atoms with Crippen LogP contribution in [0.5, 0.6) is 0 Å². The van der Waals surface area contributed by atoms with Crippen LogP contribution in [-0.4, -0.2) is 40.0 Å². The zero-order valence-corrected chi connectivity index (χ0v) is 14.1. The predicted molar refractivity (Wildman–Crippen MR) is 89.9 cm³/mol. The second kappa shape index (κ2) is 6.14. The first-order chi connectivity index (χ1) is 10.5. The third-order valence-electron chi connectivity index (χ3n) is 4.67. The largest absolute Gasteiger partial charge is 0.305 e. The highest BCUT2D eigenvalue weighted by Crippen LogP contribution is 2.34. The van der Waals surface area contributed by atoms with Gasteiger partial charge in [0.1, 0.15) is 0 Å². The van der Waals surface area contributed by atoms with Gasteiger partial charge in [-0.15, -0.1) is 0 Å². The molecule has 0 spiro atoms. The molecule has 0 heterocycles. The predicted octanol–water partition coefficient (Wildman–Crippen LogP) is 2.23. The van der Waals surface area contributed by atoms with Crippen LogP contribution < -0.4 is 4.72 Å². The molecular formula is C17H24N2O2S. The molecule has 1 atom stereocenters. The lowest BCUT2D eigenvalue weighted by molar-refractivity contribution is 0.265. The normalized spacial score (nSPS) is 19.7. The topological polar surface area (TPSA) is 49.4 Å². The molecule has 120 valence electrons. The average molecular weight is 320 g/mol. The van der Waals surface area contributed by atoms with Crippen LogP contribution in [0.25, 0.3) is 6.08 Å². The van der Waals surface area contributed by atoms with E-state index in [2.05, 4.69) is 15.7 Å². The fourth-order valence-electron chi connectivity index (χ4n) is 3.16. The van der Waals surface area contributed by atoms with Gasteiger partial charge in [0.05, 0.1) is 4.91 Å². The van der Waals surface area contributed by atoms with E-state index in [-0.39, 0.29) is 0 Å². The molecule has 1 fully saturated rings. The van der Waals surface area contributed by atoms with Crippen LogP contribution in [-0.2, 0) is 16.4 Å². The van der Waals surface area contributed by atoms with Crippen LogP contribution >= 0.6 is 0 Å². The third kappa shape index (κ3) is 3.42. The van der Waals surface area contributed by atoms with E-state index in [1.807, 2.05) is 38.4 Å². The summed E-state index contributed by atoms with van der Waals surface area (Å²) in [6.07, 6.45) is 5.62. The highest BCUT2D eigenvalue weighted by molar-refractivity contribution is 7.93. The standard InChI is InChI=1S/C17H24N2O2S/c1-19(2)17(14-7-8-14)12-18-22(20,21)16-10-9-13-5-3-4-6-15(13)11-16/h3-6,11,14,17-18H,7-10,12H2,1-2H3/t17-/m1/s1. The smallest absolute Gasteiger partial charge is 0.236 e. The molecule has 2 aliphatic rings. The monoisotopic (exact) mass is 320 g/mol. The first-order valence-corrected chi connectivity index (χ1v) is 9.40. The summed E-state index contributed by atoms with van der Waals surface area (Å²) >= 11 is 0. The van der Waals surface area contributed by atoms with Gasteiger partial charge in [0.15, 0.2) is 0 Å². The Labute approximate surface area is 133 Å². The molecule has 0 radical (unpaired) electrons. The van der Waals surface area contributed by atoms with Gasteiger partial charge in [-0.25, -0.2) is 13.1 Å². The zero-order chi connectivity index (χ0) is 15.7. The number of likely N-dealkylation sites (N-methyl/N-ethyl adjacent to an activating group) is 1. The van der Waals surface area contributed by atoms with E-state index in [0.717, 1.165) is 12.0 Å². The molecule has 1 N–H and O–H groups in total. The van der Waals surface area contributed by atoms with Crippen LogP contribution in [0.3, 0.4) is 0 Å². The molecule has 2 aliphatic carbocycles. The van der Waals surface area contributed by atoms with Crippen molar-refractivity contribution < 1.29 is 8.42 Å². The molecule has 22 heavy (non-hydrogen) atoms. The van der Waals surface area contributed by atoms with Crippen LogP contribution in [0.2, 0.25) is 0 Å². The van der Waals surface area contributed by atoms with Crippen molar-refractivity contribution in [2.75, 3.05) is 20.6 Å². The summed E-state index contributed by atoms with van der Waals surface area (Å²) < 4.78 is 28.0. The molecule has 1 aromatic rings. The lowest BCUT2D eigenvalue weighted by Gasteiger charge is -2.25. The van der Waals surface area contributed by atoms with Gasteiger partial charge in [0, 0.05) is 12.6 Å². The van der Waals surface area contributed by atoms with E-state index in [1.165, 1.54) is 18.4 Å². The minimum absolute atomic E-state index is 0.297. The summed E-state index contributed by atoms with van der Waals surface area (Å²) in [7, 11) is 0.667.